The van der Waals surface area contributed by atoms with Crippen LogP contribution in [0.15, 0.2) is 42.9 Å². The molecule has 1 saturated heterocycles. The van der Waals surface area contributed by atoms with E-state index in [4.69, 9.17) is 23.2 Å². The number of carbonyl (C=O) groups excluding carboxylic acids is 2. The van der Waals surface area contributed by atoms with Crippen LogP contribution in [0.4, 0.5) is 8.78 Å². The number of esters is 1. The van der Waals surface area contributed by atoms with Crippen LogP contribution in [0.25, 0.3) is 22.5 Å². The van der Waals surface area contributed by atoms with Crippen molar-refractivity contribution in [1.82, 2.24) is 34.8 Å². The van der Waals surface area contributed by atoms with E-state index in [0.717, 1.165) is 7.11 Å². The second kappa shape index (κ2) is 10.1. The molecule has 5 heterocycles. The Morgan fingerprint density at radius 2 is 1.98 bits per heavy atom. The molecule has 1 N–H and O–H groups in total. The van der Waals surface area contributed by atoms with Crippen molar-refractivity contribution in [3.63, 3.8) is 0 Å². The van der Waals surface area contributed by atoms with Crippen molar-refractivity contribution in [3.05, 3.63) is 81.8 Å². The number of amides is 1. The van der Waals surface area contributed by atoms with E-state index in [9.17, 15) is 14.0 Å². The van der Waals surface area contributed by atoms with E-state index in [1.807, 2.05) is 0 Å². The van der Waals surface area contributed by atoms with Crippen LogP contribution in [-0.2, 0) is 9.53 Å². The Balaban J connectivity index is 1.32. The first-order valence-electron chi connectivity index (χ1n) is 12.1. The van der Waals surface area contributed by atoms with Crippen molar-refractivity contribution in [1.29, 1.82) is 0 Å². The van der Waals surface area contributed by atoms with Gasteiger partial charge < -0.3 is 14.6 Å². The molecule has 6 rings (SSSR count). The highest BCUT2D eigenvalue weighted by Gasteiger charge is 2.42. The lowest BCUT2D eigenvalue weighted by molar-refractivity contribution is -0.129. The maximum Gasteiger partial charge on any atom is 0.359 e. The molecular formula is C26H19Cl2F2N7O3. The zero-order chi connectivity index (χ0) is 28.1. The summed E-state index contributed by atoms with van der Waals surface area (Å²) >= 11 is 12.0. The first-order valence-corrected chi connectivity index (χ1v) is 12.9. The summed E-state index contributed by atoms with van der Waals surface area (Å²) in [5, 5.41) is 7.73. The summed E-state index contributed by atoms with van der Waals surface area (Å²) < 4.78 is 36.3. The van der Waals surface area contributed by atoms with Gasteiger partial charge in [-0.1, -0.05) is 28.4 Å². The summed E-state index contributed by atoms with van der Waals surface area (Å²) in [6.07, 6.45) is 7.14. The van der Waals surface area contributed by atoms with E-state index in [0.29, 0.717) is 42.0 Å². The fraction of sp³-hybridized carbons (Fsp3) is 0.231. The number of benzene rings is 1. The number of halogens is 4. The Labute approximate surface area is 235 Å². The highest BCUT2D eigenvalue weighted by molar-refractivity contribution is 6.31. The average molecular weight is 586 g/mol. The summed E-state index contributed by atoms with van der Waals surface area (Å²) in [6.45, 7) is 0. The Morgan fingerprint density at radius 1 is 1.15 bits per heavy atom. The molecule has 2 aliphatic heterocycles. The number of ether oxygens (including phenoxy) is 1. The lowest BCUT2D eigenvalue weighted by Gasteiger charge is -2.33. The number of hydrogen-bond acceptors (Lipinski definition) is 7. The van der Waals surface area contributed by atoms with E-state index < -0.39 is 29.3 Å². The molecule has 0 bridgehead atoms. The first-order chi connectivity index (χ1) is 19.3. The Bertz CT molecular complexity index is 1700. The Hall–Kier alpha value is -4.16. The van der Waals surface area contributed by atoms with E-state index in [2.05, 4.69) is 30.0 Å². The van der Waals surface area contributed by atoms with Crippen LogP contribution in [0.5, 0.6) is 0 Å². The van der Waals surface area contributed by atoms with Gasteiger partial charge in [-0.05, 0) is 43.0 Å². The summed E-state index contributed by atoms with van der Waals surface area (Å²) in [6, 6.07) is 3.77. The quantitative estimate of drug-likeness (QED) is 0.329. The number of nitrogens with zero attached hydrogens (tertiary/aromatic N) is 6. The molecule has 0 saturated carbocycles. The molecule has 0 spiro atoms. The smallest absolute Gasteiger partial charge is 0.359 e. The predicted molar refractivity (Wildman–Crippen MR) is 140 cm³/mol. The molecule has 14 heteroatoms. The van der Waals surface area contributed by atoms with Crippen LogP contribution in [-0.4, -0.2) is 59.9 Å². The molecule has 1 amide bonds. The van der Waals surface area contributed by atoms with Crippen LogP contribution in [0.3, 0.4) is 0 Å². The lowest BCUT2D eigenvalue weighted by Crippen LogP contribution is -2.39. The third-order valence-corrected chi connectivity index (χ3v) is 7.55. The van der Waals surface area contributed by atoms with E-state index in [1.54, 1.807) is 11.0 Å². The molecule has 0 unspecified atom stereocenters. The predicted octanol–water partition coefficient (Wildman–Crippen LogP) is 4.94. The monoisotopic (exact) mass is 585 g/mol. The largest absolute Gasteiger partial charge is 0.464 e. The lowest BCUT2D eigenvalue weighted by atomic mass is 9.92. The third kappa shape index (κ3) is 4.33. The molecule has 0 aliphatic carbocycles. The van der Waals surface area contributed by atoms with Crippen LogP contribution in [0, 0.1) is 11.6 Å². The van der Waals surface area contributed by atoms with Gasteiger partial charge in [0.25, 0.3) is 0 Å². The maximum atomic E-state index is 15.4. The topological polar surface area (TPSA) is 119 Å². The molecule has 1 fully saturated rings. The van der Waals surface area contributed by atoms with Crippen LogP contribution >= 0.6 is 23.2 Å². The number of H-pyrrole nitrogens is 1. The number of rotatable bonds is 5. The molecule has 1 aromatic carbocycles. The van der Waals surface area contributed by atoms with Crippen molar-refractivity contribution in [3.8, 4) is 16.9 Å². The highest BCUT2D eigenvalue weighted by Crippen LogP contribution is 2.44. The van der Waals surface area contributed by atoms with Crippen molar-refractivity contribution >= 4 is 40.7 Å². The number of fused-ring (bicyclic) bond motifs is 1. The molecule has 3 aromatic heterocycles. The van der Waals surface area contributed by atoms with E-state index in [-0.39, 0.29) is 33.3 Å². The van der Waals surface area contributed by atoms with Gasteiger partial charge in [-0.25, -0.2) is 28.2 Å². The van der Waals surface area contributed by atoms with Crippen LogP contribution < -0.4 is 0 Å². The van der Waals surface area contributed by atoms with Gasteiger partial charge in [0.2, 0.25) is 5.91 Å². The fourth-order valence-corrected chi connectivity index (χ4v) is 5.61. The van der Waals surface area contributed by atoms with E-state index >= 15 is 4.39 Å². The summed E-state index contributed by atoms with van der Waals surface area (Å²) in [7, 11) is 1.14. The van der Waals surface area contributed by atoms with Crippen molar-refractivity contribution in [2.24, 2.45) is 0 Å². The number of pyridine rings is 1. The number of hydrogen-bond donors (Lipinski definition) is 1. The standard InChI is InChI=1S/C26H19Cl2F2N7O3/c1-40-26(39)24-22(29)14(6-7-31-24)16-10-32-25(33-16)18-4-2-13-8-12(9-20(38)37(13)18)21-17(5-3-15(27)23(21)30)36-11-19(28)34-35-36/h3,5-7,9-11,13,18H,2,4,8H2,1H3,(H,32,33)/t13-,18+/m1/s1. The highest BCUT2D eigenvalue weighted by atomic mass is 35.5. The van der Waals surface area contributed by atoms with Crippen molar-refractivity contribution < 1.29 is 23.1 Å². The van der Waals surface area contributed by atoms with Crippen molar-refractivity contribution in [2.75, 3.05) is 7.11 Å². The number of methoxy groups -OCH3 is 1. The minimum atomic E-state index is -0.898. The molecule has 2 aliphatic rings. The Morgan fingerprint density at radius 3 is 2.73 bits per heavy atom. The van der Waals surface area contributed by atoms with Crippen molar-refractivity contribution in [2.45, 2.75) is 31.3 Å². The van der Waals surface area contributed by atoms with Gasteiger partial charge in [0.15, 0.2) is 22.5 Å². The molecule has 40 heavy (non-hydrogen) atoms. The molecule has 10 nitrogen and oxygen atoms in total. The second-order valence-corrected chi connectivity index (χ2v) is 10.1. The number of aromatic nitrogens is 6. The summed E-state index contributed by atoms with van der Waals surface area (Å²) in [4.78, 5) is 38.3. The van der Waals surface area contributed by atoms with Gasteiger partial charge >= 0.3 is 5.97 Å². The van der Waals surface area contributed by atoms with Crippen LogP contribution in [0.2, 0.25) is 10.2 Å². The van der Waals surface area contributed by atoms with Gasteiger partial charge in [0.05, 0.1) is 41.9 Å². The number of imidazole rings is 1. The second-order valence-electron chi connectivity index (χ2n) is 9.30. The molecule has 2 atom stereocenters. The van der Waals surface area contributed by atoms with Crippen LogP contribution in [0.1, 0.15) is 47.2 Å². The zero-order valence-electron chi connectivity index (χ0n) is 20.7. The van der Waals surface area contributed by atoms with Gasteiger partial charge in [0, 0.05) is 29.4 Å². The normalized spacial score (nSPS) is 18.6. The number of aromatic amines is 1. The van der Waals surface area contributed by atoms with Gasteiger partial charge in [-0.3, -0.25) is 4.79 Å². The minimum absolute atomic E-state index is 0.0908. The molecule has 204 valence electrons. The molecular weight excluding hydrogens is 567 g/mol. The molecule has 4 aromatic rings. The summed E-state index contributed by atoms with van der Waals surface area (Å²) in [5.74, 6) is -2.27. The zero-order valence-corrected chi connectivity index (χ0v) is 22.2. The third-order valence-electron chi connectivity index (χ3n) is 7.09. The SMILES string of the molecule is COC(=O)c1nccc(-c2cnc([C@@H]3CC[C@@H]4CC(c5c(-n6cc(Cl)nn6)ccc(Cl)c5F)=CC(=O)N43)[nH]2)c1F. The summed E-state index contributed by atoms with van der Waals surface area (Å²) in [5.41, 5.74) is 0.948. The van der Waals surface area contributed by atoms with Gasteiger partial charge in [-0.2, -0.15) is 0 Å². The maximum absolute atomic E-state index is 15.4. The first kappa shape index (κ1) is 26.1. The van der Waals surface area contributed by atoms with Gasteiger partial charge in [0.1, 0.15) is 5.82 Å². The fourth-order valence-electron chi connectivity index (χ4n) is 5.33. The molecule has 0 radical (unpaired) electrons. The van der Waals surface area contributed by atoms with E-state index in [1.165, 1.54) is 41.5 Å². The average Bonchev–Trinajstić information content (AvgIpc) is 3.69. The number of nitrogens with one attached hydrogen (secondary N) is 1. The number of carbonyl (C=O) groups is 2. The van der Waals surface area contributed by atoms with Gasteiger partial charge in [-0.15, -0.1) is 5.10 Å². The Kier molecular flexibility index (Phi) is 6.59. The minimum Gasteiger partial charge on any atom is -0.464 e.